The maximum atomic E-state index is 9.48. The van der Waals surface area contributed by atoms with Crippen molar-refractivity contribution in [3.05, 3.63) is 11.6 Å². The molecule has 0 radical (unpaired) electrons. The van der Waals surface area contributed by atoms with Gasteiger partial charge in [-0.3, -0.25) is 0 Å². The molecule has 0 aromatic carbocycles. The van der Waals surface area contributed by atoms with Crippen LogP contribution in [0.25, 0.3) is 0 Å². The minimum Gasteiger partial charge on any atom is -0.384 e. The van der Waals surface area contributed by atoms with Gasteiger partial charge in [-0.15, -0.1) is 0 Å². The van der Waals surface area contributed by atoms with E-state index in [1.165, 1.54) is 0 Å². The molecule has 0 heterocycles. The first-order chi connectivity index (χ1) is 8.91. The zero-order valence-electron chi connectivity index (χ0n) is 11.8. The van der Waals surface area contributed by atoms with E-state index in [1.54, 1.807) is 0 Å². The summed E-state index contributed by atoms with van der Waals surface area (Å²) < 4.78 is 0. The molecule has 1 aliphatic rings. The number of aliphatic hydroxyl groups is 1. The van der Waals surface area contributed by atoms with E-state index in [2.05, 4.69) is 45.7 Å². The fraction of sp³-hybridized carbons (Fsp3) is 0.600. The van der Waals surface area contributed by atoms with Crippen LogP contribution in [0.5, 0.6) is 0 Å². The summed E-state index contributed by atoms with van der Waals surface area (Å²) in [6.45, 7) is 4.02. The van der Waals surface area contributed by atoms with Crippen LogP contribution in [0.4, 0.5) is 0 Å². The number of allylic oxidation sites excluding steroid dienone is 2. The SMILES string of the molecule is BC1(C)CC(C)CC=C1C(C#N)(C#N)CC#CCO. The van der Waals surface area contributed by atoms with Crippen molar-refractivity contribution in [1.82, 2.24) is 0 Å². The van der Waals surface area contributed by atoms with E-state index in [-0.39, 0.29) is 18.3 Å². The Hall–Kier alpha value is -1.70. The van der Waals surface area contributed by atoms with Crippen molar-refractivity contribution in [3.8, 4) is 24.0 Å². The summed E-state index contributed by atoms with van der Waals surface area (Å²) in [6.07, 6.45) is 4.07. The van der Waals surface area contributed by atoms with Gasteiger partial charge in [0.05, 0.1) is 12.1 Å². The van der Waals surface area contributed by atoms with Crippen LogP contribution in [-0.4, -0.2) is 19.6 Å². The normalized spacial score (nSPS) is 26.4. The molecule has 1 aliphatic carbocycles. The Balaban J connectivity index is 3.20. The summed E-state index contributed by atoms with van der Waals surface area (Å²) in [5.74, 6) is 5.83. The Bertz CT molecular complexity index is 497. The molecule has 0 spiro atoms. The second-order valence-corrected chi connectivity index (χ2v) is 5.86. The predicted octanol–water partition coefficient (Wildman–Crippen LogP) is 1.57. The van der Waals surface area contributed by atoms with Gasteiger partial charge in [-0.1, -0.05) is 31.8 Å². The third kappa shape index (κ3) is 3.20. The quantitative estimate of drug-likeness (QED) is 0.462. The van der Waals surface area contributed by atoms with Gasteiger partial charge in [0.1, 0.15) is 14.5 Å². The maximum absolute atomic E-state index is 9.48. The van der Waals surface area contributed by atoms with Crippen molar-refractivity contribution < 1.29 is 5.11 Å². The molecule has 0 aromatic heterocycles. The predicted molar refractivity (Wildman–Crippen MR) is 76.5 cm³/mol. The molecule has 0 amide bonds. The number of aliphatic hydroxyl groups excluding tert-OH is 1. The second-order valence-electron chi connectivity index (χ2n) is 5.86. The average molecular weight is 254 g/mol. The molecule has 1 rings (SSSR count). The molecular weight excluding hydrogens is 235 g/mol. The van der Waals surface area contributed by atoms with E-state index in [4.69, 9.17) is 5.11 Å². The third-order valence-electron chi connectivity index (χ3n) is 3.71. The lowest BCUT2D eigenvalue weighted by molar-refractivity contribution is 0.350. The zero-order valence-corrected chi connectivity index (χ0v) is 11.8. The van der Waals surface area contributed by atoms with E-state index in [0.717, 1.165) is 18.4 Å². The van der Waals surface area contributed by atoms with Gasteiger partial charge in [-0.25, -0.2) is 0 Å². The van der Waals surface area contributed by atoms with Crippen LogP contribution in [0.3, 0.4) is 0 Å². The molecule has 0 aromatic rings. The highest BCUT2D eigenvalue weighted by atomic mass is 16.2. The van der Waals surface area contributed by atoms with E-state index < -0.39 is 5.41 Å². The average Bonchev–Trinajstić information content (AvgIpc) is 2.35. The van der Waals surface area contributed by atoms with Crippen molar-refractivity contribution in [2.75, 3.05) is 6.61 Å². The highest BCUT2D eigenvalue weighted by molar-refractivity contribution is 6.17. The fourth-order valence-electron chi connectivity index (χ4n) is 2.98. The van der Waals surface area contributed by atoms with Gasteiger partial charge in [0.15, 0.2) is 5.41 Å². The van der Waals surface area contributed by atoms with Gasteiger partial charge >= 0.3 is 0 Å². The van der Waals surface area contributed by atoms with Gasteiger partial charge in [0.25, 0.3) is 0 Å². The Morgan fingerprint density at radius 2 is 2.11 bits per heavy atom. The molecule has 0 fully saturated rings. The third-order valence-corrected chi connectivity index (χ3v) is 3.71. The lowest BCUT2D eigenvalue weighted by atomic mass is 9.52. The first-order valence-corrected chi connectivity index (χ1v) is 6.52. The summed E-state index contributed by atoms with van der Waals surface area (Å²) >= 11 is 0. The highest BCUT2D eigenvalue weighted by Crippen LogP contribution is 2.51. The van der Waals surface area contributed by atoms with Crippen LogP contribution in [0, 0.1) is 45.8 Å². The van der Waals surface area contributed by atoms with Crippen molar-refractivity contribution in [2.24, 2.45) is 11.3 Å². The number of hydrogen-bond acceptors (Lipinski definition) is 3. The molecule has 0 saturated heterocycles. The van der Waals surface area contributed by atoms with E-state index in [1.807, 2.05) is 6.08 Å². The molecule has 0 saturated carbocycles. The van der Waals surface area contributed by atoms with Crippen LogP contribution in [0.15, 0.2) is 11.6 Å². The topological polar surface area (TPSA) is 67.8 Å². The molecule has 3 nitrogen and oxygen atoms in total. The molecule has 0 bridgehead atoms. The molecule has 1 N–H and O–H groups in total. The first kappa shape index (κ1) is 15.4. The second kappa shape index (κ2) is 5.96. The summed E-state index contributed by atoms with van der Waals surface area (Å²) in [4.78, 5) is 0. The van der Waals surface area contributed by atoms with Crippen molar-refractivity contribution >= 4 is 7.85 Å². The Labute approximate surface area is 116 Å². The Morgan fingerprint density at radius 3 is 2.58 bits per heavy atom. The lowest BCUT2D eigenvalue weighted by Crippen LogP contribution is -2.31. The molecule has 2 atom stereocenters. The minimum atomic E-state index is -1.19. The van der Waals surface area contributed by atoms with Crippen LogP contribution in [-0.2, 0) is 0 Å². The van der Waals surface area contributed by atoms with E-state index >= 15 is 0 Å². The number of nitriles is 2. The summed E-state index contributed by atoms with van der Waals surface area (Å²) in [6, 6.07) is 4.30. The molecule has 4 heteroatoms. The van der Waals surface area contributed by atoms with Crippen LogP contribution < -0.4 is 0 Å². The van der Waals surface area contributed by atoms with Gasteiger partial charge in [0.2, 0.25) is 0 Å². The molecular formula is C15H19BN2O. The van der Waals surface area contributed by atoms with Crippen LogP contribution >= 0.6 is 0 Å². The number of hydrogen-bond donors (Lipinski definition) is 1. The summed E-state index contributed by atoms with van der Waals surface area (Å²) in [7, 11) is 2.08. The first-order valence-electron chi connectivity index (χ1n) is 6.52. The fourth-order valence-corrected chi connectivity index (χ4v) is 2.98. The molecule has 19 heavy (non-hydrogen) atoms. The largest absolute Gasteiger partial charge is 0.384 e. The van der Waals surface area contributed by atoms with Crippen LogP contribution in [0.1, 0.15) is 33.1 Å². The smallest absolute Gasteiger partial charge is 0.175 e. The zero-order chi connectivity index (χ0) is 14.5. The maximum Gasteiger partial charge on any atom is 0.175 e. The summed E-state index contributed by atoms with van der Waals surface area (Å²) in [5, 5.41) is 27.5. The van der Waals surface area contributed by atoms with Crippen molar-refractivity contribution in [1.29, 1.82) is 10.5 Å². The van der Waals surface area contributed by atoms with Gasteiger partial charge < -0.3 is 5.11 Å². The van der Waals surface area contributed by atoms with E-state index in [0.29, 0.717) is 5.92 Å². The monoisotopic (exact) mass is 254 g/mol. The highest BCUT2D eigenvalue weighted by Gasteiger charge is 2.43. The Kier molecular flexibility index (Phi) is 4.82. The number of nitrogens with zero attached hydrogens (tertiary/aromatic N) is 2. The standard InChI is InChI=1S/C15H19BN2O/c1-12-5-6-13(14(2,16)9-12)15(10-17,11-18)7-3-4-8-19/h6,12,19H,5,7-9,16H2,1-2H3. The van der Waals surface area contributed by atoms with Crippen LogP contribution in [0.2, 0.25) is 5.31 Å². The molecule has 2 unspecified atom stereocenters. The van der Waals surface area contributed by atoms with Crippen molar-refractivity contribution in [3.63, 3.8) is 0 Å². The number of rotatable bonds is 2. The Morgan fingerprint density at radius 1 is 1.47 bits per heavy atom. The van der Waals surface area contributed by atoms with Gasteiger partial charge in [-0.2, -0.15) is 10.5 Å². The molecule has 0 aliphatic heterocycles. The van der Waals surface area contributed by atoms with Gasteiger partial charge in [-0.05, 0) is 29.6 Å². The molecule has 98 valence electrons. The van der Waals surface area contributed by atoms with Gasteiger partial charge in [0, 0.05) is 6.42 Å². The minimum absolute atomic E-state index is 0.157. The summed E-state index contributed by atoms with van der Waals surface area (Å²) in [5.41, 5.74) is -0.304. The lowest BCUT2D eigenvalue weighted by Gasteiger charge is -2.40. The van der Waals surface area contributed by atoms with Crippen molar-refractivity contribution in [2.45, 2.75) is 38.4 Å². The van der Waals surface area contributed by atoms with E-state index in [9.17, 15) is 10.5 Å².